The highest BCUT2D eigenvalue weighted by Gasteiger charge is 2.06. The molecule has 8 heteroatoms. The van der Waals surface area contributed by atoms with Gasteiger partial charge in [-0.2, -0.15) is 5.10 Å². The minimum Gasteiger partial charge on any atom is -0.369 e. The van der Waals surface area contributed by atoms with E-state index in [1.54, 1.807) is 12.1 Å². The van der Waals surface area contributed by atoms with Gasteiger partial charge in [-0.1, -0.05) is 34.8 Å². The maximum absolute atomic E-state index is 5.90. The SMILES string of the molecule is Cl.NC(N)=N/N=C/c1c(Cl)ccc(Cl)c1Cl. The largest absolute Gasteiger partial charge is 0.369 e. The minimum atomic E-state index is -0.152. The van der Waals surface area contributed by atoms with Gasteiger partial charge >= 0.3 is 0 Å². The molecule has 1 rings (SSSR count). The summed E-state index contributed by atoms with van der Waals surface area (Å²) in [6.45, 7) is 0. The van der Waals surface area contributed by atoms with Gasteiger partial charge in [0.1, 0.15) is 0 Å². The number of nitrogens with zero attached hydrogens (tertiary/aromatic N) is 2. The van der Waals surface area contributed by atoms with Crippen molar-refractivity contribution in [1.82, 2.24) is 0 Å². The Morgan fingerprint density at radius 3 is 2.25 bits per heavy atom. The first-order chi connectivity index (χ1) is 7.02. The Balaban J connectivity index is 0.00000225. The first kappa shape index (κ1) is 15.3. The second-order valence-electron chi connectivity index (χ2n) is 2.53. The fraction of sp³-hybridized carbons (Fsp3) is 0. The molecule has 0 amide bonds. The van der Waals surface area contributed by atoms with Gasteiger partial charge in [-0.25, -0.2) is 0 Å². The molecule has 16 heavy (non-hydrogen) atoms. The van der Waals surface area contributed by atoms with Crippen molar-refractivity contribution in [2.24, 2.45) is 21.7 Å². The molecule has 0 bridgehead atoms. The van der Waals surface area contributed by atoms with E-state index in [-0.39, 0.29) is 18.4 Å². The molecule has 0 aromatic heterocycles. The molecule has 0 aliphatic rings. The Bertz CT molecular complexity index is 426. The van der Waals surface area contributed by atoms with Crippen LogP contribution in [0.5, 0.6) is 0 Å². The van der Waals surface area contributed by atoms with Gasteiger partial charge in [-0.3, -0.25) is 0 Å². The van der Waals surface area contributed by atoms with Crippen molar-refractivity contribution >= 4 is 59.4 Å². The maximum atomic E-state index is 5.90. The molecule has 0 saturated carbocycles. The van der Waals surface area contributed by atoms with Gasteiger partial charge in [-0.15, -0.1) is 17.5 Å². The van der Waals surface area contributed by atoms with Crippen molar-refractivity contribution in [3.63, 3.8) is 0 Å². The third-order valence-electron chi connectivity index (χ3n) is 1.44. The van der Waals surface area contributed by atoms with E-state index in [4.69, 9.17) is 46.3 Å². The van der Waals surface area contributed by atoms with E-state index in [0.29, 0.717) is 20.6 Å². The highest BCUT2D eigenvalue weighted by Crippen LogP contribution is 2.29. The number of hydrogen-bond donors (Lipinski definition) is 2. The van der Waals surface area contributed by atoms with E-state index in [2.05, 4.69) is 10.2 Å². The van der Waals surface area contributed by atoms with Gasteiger partial charge in [0, 0.05) is 5.56 Å². The van der Waals surface area contributed by atoms with Crippen LogP contribution < -0.4 is 11.5 Å². The van der Waals surface area contributed by atoms with Gasteiger partial charge in [0.2, 0.25) is 5.96 Å². The van der Waals surface area contributed by atoms with Crippen molar-refractivity contribution < 1.29 is 0 Å². The van der Waals surface area contributed by atoms with Crippen LogP contribution in [0.2, 0.25) is 15.1 Å². The lowest BCUT2D eigenvalue weighted by atomic mass is 10.2. The van der Waals surface area contributed by atoms with E-state index in [1.807, 2.05) is 0 Å². The number of hydrogen-bond acceptors (Lipinski definition) is 2. The van der Waals surface area contributed by atoms with E-state index in [0.717, 1.165) is 0 Å². The lowest BCUT2D eigenvalue weighted by Gasteiger charge is -2.01. The quantitative estimate of drug-likeness (QED) is 0.381. The minimum absolute atomic E-state index is 0. The summed E-state index contributed by atoms with van der Waals surface area (Å²) in [6.07, 6.45) is 1.33. The molecule has 88 valence electrons. The number of halogens is 4. The number of nitrogens with two attached hydrogens (primary N) is 2. The van der Waals surface area contributed by atoms with Crippen LogP contribution in [-0.4, -0.2) is 12.2 Å². The van der Waals surface area contributed by atoms with E-state index in [1.165, 1.54) is 6.21 Å². The summed E-state index contributed by atoms with van der Waals surface area (Å²) in [5, 5.41) is 8.10. The summed E-state index contributed by atoms with van der Waals surface area (Å²) in [6, 6.07) is 3.19. The monoisotopic (exact) mass is 300 g/mol. The van der Waals surface area contributed by atoms with Gasteiger partial charge in [0.15, 0.2) is 0 Å². The summed E-state index contributed by atoms with van der Waals surface area (Å²) >= 11 is 17.6. The number of rotatable bonds is 2. The lowest BCUT2D eigenvalue weighted by Crippen LogP contribution is -2.21. The van der Waals surface area contributed by atoms with Crippen molar-refractivity contribution in [2.75, 3.05) is 0 Å². The summed E-state index contributed by atoms with van der Waals surface area (Å²) in [7, 11) is 0. The van der Waals surface area contributed by atoms with E-state index < -0.39 is 0 Å². The number of guanidine groups is 1. The lowest BCUT2D eigenvalue weighted by molar-refractivity contribution is 1.21. The normalized spacial score (nSPS) is 9.94. The van der Waals surface area contributed by atoms with Crippen LogP contribution in [0.25, 0.3) is 0 Å². The van der Waals surface area contributed by atoms with Crippen LogP contribution in [0.4, 0.5) is 0 Å². The fourth-order valence-corrected chi connectivity index (χ4v) is 1.45. The zero-order valence-electron chi connectivity index (χ0n) is 7.82. The third-order valence-corrected chi connectivity index (χ3v) is 2.59. The van der Waals surface area contributed by atoms with Crippen LogP contribution in [0.3, 0.4) is 0 Å². The molecule has 0 saturated heterocycles. The Kier molecular flexibility index (Phi) is 6.52. The first-order valence-electron chi connectivity index (χ1n) is 3.78. The molecular weight excluding hydrogens is 294 g/mol. The Hall–Kier alpha value is -0.680. The van der Waals surface area contributed by atoms with Crippen molar-refractivity contribution in [2.45, 2.75) is 0 Å². The summed E-state index contributed by atoms with van der Waals surface area (Å²) < 4.78 is 0. The molecule has 4 N–H and O–H groups in total. The van der Waals surface area contributed by atoms with Crippen LogP contribution in [0, 0.1) is 0 Å². The molecule has 0 spiro atoms. The van der Waals surface area contributed by atoms with Crippen LogP contribution in [0.1, 0.15) is 5.56 Å². The van der Waals surface area contributed by atoms with Crippen molar-refractivity contribution in [1.29, 1.82) is 0 Å². The second kappa shape index (κ2) is 6.81. The fourth-order valence-electron chi connectivity index (χ4n) is 0.814. The average Bonchev–Trinajstić information content (AvgIpc) is 2.17. The molecule has 0 fully saturated rings. The predicted molar refractivity (Wildman–Crippen MR) is 72.1 cm³/mol. The maximum Gasteiger partial charge on any atom is 0.211 e. The Morgan fingerprint density at radius 1 is 1.12 bits per heavy atom. The molecular formula is C8H8Cl4N4. The third kappa shape index (κ3) is 4.06. The highest BCUT2D eigenvalue weighted by molar-refractivity contribution is 6.45. The molecule has 0 aliphatic carbocycles. The summed E-state index contributed by atoms with van der Waals surface area (Å²) in [5.41, 5.74) is 10.6. The predicted octanol–water partition coefficient (Wildman–Crippen LogP) is 2.68. The average molecular weight is 302 g/mol. The van der Waals surface area contributed by atoms with Gasteiger partial charge in [0.25, 0.3) is 0 Å². The zero-order chi connectivity index (χ0) is 11.4. The summed E-state index contributed by atoms with van der Waals surface area (Å²) in [5.74, 6) is -0.152. The van der Waals surface area contributed by atoms with Crippen LogP contribution >= 0.6 is 47.2 Å². The highest BCUT2D eigenvalue weighted by atomic mass is 35.5. The molecule has 0 unspecified atom stereocenters. The van der Waals surface area contributed by atoms with Gasteiger partial charge < -0.3 is 11.5 Å². The smallest absolute Gasteiger partial charge is 0.211 e. The molecule has 1 aromatic carbocycles. The Labute approximate surface area is 114 Å². The van der Waals surface area contributed by atoms with E-state index >= 15 is 0 Å². The molecule has 0 heterocycles. The molecule has 0 atom stereocenters. The molecule has 4 nitrogen and oxygen atoms in total. The van der Waals surface area contributed by atoms with Crippen LogP contribution in [-0.2, 0) is 0 Å². The van der Waals surface area contributed by atoms with E-state index in [9.17, 15) is 0 Å². The molecule has 1 aromatic rings. The second-order valence-corrected chi connectivity index (χ2v) is 3.72. The standard InChI is InChI=1S/C8H7Cl3N4.ClH/c9-5-1-2-6(10)7(11)4(5)3-14-15-8(12)13;/h1-3H,(H4,12,13,15);1H/b14-3+;. The topological polar surface area (TPSA) is 76.8 Å². The van der Waals surface area contributed by atoms with Gasteiger partial charge in [-0.05, 0) is 12.1 Å². The molecule has 0 radical (unpaired) electrons. The summed E-state index contributed by atoms with van der Waals surface area (Å²) in [4.78, 5) is 0. The van der Waals surface area contributed by atoms with Crippen molar-refractivity contribution in [3.8, 4) is 0 Å². The van der Waals surface area contributed by atoms with Gasteiger partial charge in [0.05, 0.1) is 21.3 Å². The first-order valence-corrected chi connectivity index (χ1v) is 4.91. The van der Waals surface area contributed by atoms with Crippen LogP contribution in [0.15, 0.2) is 22.3 Å². The molecule has 0 aliphatic heterocycles. The van der Waals surface area contributed by atoms with Crippen molar-refractivity contribution in [3.05, 3.63) is 32.8 Å². The Morgan fingerprint density at radius 2 is 1.69 bits per heavy atom. The number of benzene rings is 1. The zero-order valence-corrected chi connectivity index (χ0v) is 10.9.